The number of anilines is 1. The monoisotopic (exact) mass is 850 g/mol. The predicted octanol–water partition coefficient (Wildman–Crippen LogP) is 6.31. The number of hydrogen-bond acceptors (Lipinski definition) is 10. The van der Waals surface area contributed by atoms with Crippen LogP contribution in [0.1, 0.15) is 83.7 Å². The van der Waals surface area contributed by atoms with Crippen molar-refractivity contribution in [2.24, 2.45) is 35.1 Å². The van der Waals surface area contributed by atoms with Crippen LogP contribution < -0.4 is 19.1 Å². The molecule has 8 rings (SSSR count). The highest BCUT2D eigenvalue weighted by molar-refractivity contribution is 7.92. The molecule has 2 fully saturated rings. The Morgan fingerprint density at radius 2 is 1.97 bits per heavy atom. The summed E-state index contributed by atoms with van der Waals surface area (Å²) in [5.74, 6) is -0.195. The molecular formula is C44H59ClN6O7S. The molecule has 4 heterocycles. The topological polar surface area (TPSA) is 137 Å². The number of benzene rings is 2. The summed E-state index contributed by atoms with van der Waals surface area (Å²) >= 11 is 6.52. The van der Waals surface area contributed by atoms with E-state index in [4.69, 9.17) is 30.5 Å². The van der Waals surface area contributed by atoms with Crippen LogP contribution in [0, 0.1) is 23.7 Å². The molecule has 1 aromatic heterocycles. The van der Waals surface area contributed by atoms with Crippen molar-refractivity contribution >= 4 is 39.0 Å². The summed E-state index contributed by atoms with van der Waals surface area (Å²) in [6, 6.07) is 11.6. The fourth-order valence-electron chi connectivity index (χ4n) is 10.6. The molecule has 3 aliphatic heterocycles. The third-order valence-electron chi connectivity index (χ3n) is 13.6. The molecule has 2 bridgehead atoms. The standard InChI is InChI=1S/C44H59ClN6O7S/c1-27-24-59(54,48-42(53)35-23-50(4)46-43(35)56-6)47-41(52)29-10-14-38-37(20-29)51(25-44(26-57-38)16-7-8-28-18-32(45)11-13-36(28)44)22-30-9-12-34(30)39(55-5)21-31-19-33(58-40(27)31)15-17-49(2)3/h10-11,13-14,18,20,23,27,30-31,33-34,39-40H,7-9,12,15-17,19,21-22,24-26H2,1-6H3,(H,47,48,52,53,54)/t27-,30+,31-,33+,34-,39+,40-,44+,59?/m1/s1. The van der Waals surface area contributed by atoms with Gasteiger partial charge in [-0.25, -0.2) is 4.21 Å². The van der Waals surface area contributed by atoms with E-state index in [-0.39, 0.29) is 58.3 Å². The number of carbonyl (C=O) groups is 2. The average molecular weight is 852 g/mol. The SMILES string of the molecule is COc1nn(C)cc1C(=O)NS1(=O)=NC(=O)c2ccc3c(c2)N(C[C@@H]2CC[C@H]2[C@@H](OC)C[C@H]2C[C@H](CCN(C)C)O[C@@H]2[C@H](C)C1)C[C@@]1(CCCc2cc(Cl)ccc21)CO3. The average Bonchev–Trinajstić information content (AvgIpc) is 3.75. The number of nitrogens with zero attached hydrogens (tertiary/aromatic N) is 5. The number of fused-ring (bicyclic) bond motifs is 5. The highest BCUT2D eigenvalue weighted by atomic mass is 35.5. The molecule has 2 aromatic carbocycles. The van der Waals surface area contributed by atoms with Crippen molar-refractivity contribution in [3.8, 4) is 11.6 Å². The van der Waals surface area contributed by atoms with Gasteiger partial charge < -0.3 is 28.7 Å². The highest BCUT2D eigenvalue weighted by Gasteiger charge is 2.47. The van der Waals surface area contributed by atoms with E-state index in [0.717, 1.165) is 75.2 Å². The second kappa shape index (κ2) is 17.0. The Labute approximate surface area is 353 Å². The Kier molecular flexibility index (Phi) is 12.1. The zero-order valence-corrected chi connectivity index (χ0v) is 36.7. The van der Waals surface area contributed by atoms with E-state index in [2.05, 4.69) is 50.2 Å². The first-order valence-corrected chi connectivity index (χ1v) is 23.2. The van der Waals surface area contributed by atoms with E-state index >= 15 is 4.21 Å². The van der Waals surface area contributed by atoms with Crippen molar-refractivity contribution in [2.75, 3.05) is 65.2 Å². The lowest BCUT2D eigenvalue weighted by atomic mass is 9.67. The number of hydrogen-bond donors (Lipinski definition) is 1. The second-order valence-electron chi connectivity index (χ2n) is 17.9. The summed E-state index contributed by atoms with van der Waals surface area (Å²) < 4.78 is 49.1. The smallest absolute Gasteiger partial charge is 0.286 e. The molecule has 1 saturated carbocycles. The molecule has 0 radical (unpaired) electrons. The van der Waals surface area contributed by atoms with Crippen LogP contribution in [0.5, 0.6) is 11.6 Å². The van der Waals surface area contributed by atoms with Crippen LogP contribution in [-0.2, 0) is 38.3 Å². The van der Waals surface area contributed by atoms with Crippen molar-refractivity contribution in [1.29, 1.82) is 0 Å². The normalized spacial score (nSPS) is 31.9. The number of carbonyl (C=O) groups excluding carboxylic acids is 2. The van der Waals surface area contributed by atoms with Crippen molar-refractivity contribution in [3.63, 3.8) is 0 Å². The third-order valence-corrected chi connectivity index (χ3v) is 15.8. The van der Waals surface area contributed by atoms with Gasteiger partial charge in [0.1, 0.15) is 21.2 Å². The molecule has 9 atom stereocenters. The maximum Gasteiger partial charge on any atom is 0.286 e. The van der Waals surface area contributed by atoms with Gasteiger partial charge in [0.05, 0.1) is 43.5 Å². The van der Waals surface area contributed by atoms with Crippen molar-refractivity contribution in [2.45, 2.75) is 82.0 Å². The number of rotatable bonds is 7. The van der Waals surface area contributed by atoms with E-state index < -0.39 is 21.7 Å². The van der Waals surface area contributed by atoms with Crippen LogP contribution >= 0.6 is 11.6 Å². The van der Waals surface area contributed by atoms with Gasteiger partial charge in [0.2, 0.25) is 5.88 Å². The Morgan fingerprint density at radius 1 is 1.14 bits per heavy atom. The van der Waals surface area contributed by atoms with Crippen LogP contribution in [0.25, 0.3) is 0 Å². The quantitative estimate of drug-likeness (QED) is 0.288. The maximum atomic E-state index is 15.2. The molecule has 320 valence electrons. The number of nitrogens with one attached hydrogen (secondary N) is 1. The third kappa shape index (κ3) is 8.62. The number of methoxy groups -OCH3 is 2. The molecule has 15 heteroatoms. The first kappa shape index (κ1) is 42.0. The maximum absolute atomic E-state index is 15.2. The van der Waals surface area contributed by atoms with Gasteiger partial charge in [-0.05, 0) is 137 Å². The van der Waals surface area contributed by atoms with E-state index in [1.165, 1.54) is 29.1 Å². The zero-order chi connectivity index (χ0) is 41.6. The highest BCUT2D eigenvalue weighted by Crippen LogP contribution is 2.48. The fourth-order valence-corrected chi connectivity index (χ4v) is 12.7. The fraction of sp³-hybridized carbons (Fsp3) is 0.614. The van der Waals surface area contributed by atoms with Gasteiger partial charge in [-0.1, -0.05) is 24.6 Å². The van der Waals surface area contributed by atoms with Gasteiger partial charge in [-0.15, -0.1) is 9.46 Å². The van der Waals surface area contributed by atoms with Crippen LogP contribution in [0.2, 0.25) is 5.02 Å². The van der Waals surface area contributed by atoms with Gasteiger partial charge in [0.15, 0.2) is 0 Å². The lowest BCUT2D eigenvalue weighted by Crippen LogP contribution is -2.50. The van der Waals surface area contributed by atoms with Crippen LogP contribution in [0.3, 0.4) is 0 Å². The van der Waals surface area contributed by atoms with E-state index in [9.17, 15) is 9.59 Å². The number of ether oxygens (including phenoxy) is 4. The minimum Gasteiger partial charge on any atom is -0.490 e. The van der Waals surface area contributed by atoms with Gasteiger partial charge in [-0.3, -0.25) is 19.0 Å². The summed E-state index contributed by atoms with van der Waals surface area (Å²) in [6.45, 7) is 4.83. The van der Waals surface area contributed by atoms with E-state index in [1.807, 2.05) is 32.2 Å². The zero-order valence-electron chi connectivity index (χ0n) is 35.2. The molecule has 2 amide bonds. The summed E-state index contributed by atoms with van der Waals surface area (Å²) in [5, 5.41) is 4.95. The molecule has 13 nitrogen and oxygen atoms in total. The molecule has 1 N–H and O–H groups in total. The minimum absolute atomic E-state index is 0.00599. The predicted molar refractivity (Wildman–Crippen MR) is 228 cm³/mol. The van der Waals surface area contributed by atoms with Gasteiger partial charge >= 0.3 is 0 Å². The number of amides is 2. The Bertz CT molecular complexity index is 2190. The van der Waals surface area contributed by atoms with Crippen LogP contribution in [0.15, 0.2) is 47.0 Å². The van der Waals surface area contributed by atoms with Crippen LogP contribution in [-0.4, -0.2) is 109 Å². The van der Waals surface area contributed by atoms with Gasteiger partial charge in [0, 0.05) is 49.4 Å². The van der Waals surface area contributed by atoms with E-state index in [1.54, 1.807) is 13.1 Å². The number of halogens is 1. The van der Waals surface area contributed by atoms with Gasteiger partial charge in [0.25, 0.3) is 11.8 Å². The first-order chi connectivity index (χ1) is 28.3. The Hall–Kier alpha value is -3.69. The van der Waals surface area contributed by atoms with Crippen molar-refractivity contribution in [1.82, 2.24) is 19.4 Å². The summed E-state index contributed by atoms with van der Waals surface area (Å²) in [6.07, 6.45) is 8.83. The molecule has 59 heavy (non-hydrogen) atoms. The molecule has 1 spiro atoms. The molecular weight excluding hydrogens is 792 g/mol. The number of aromatic nitrogens is 2. The molecule has 1 unspecified atom stereocenters. The molecule has 3 aromatic rings. The molecule has 1 saturated heterocycles. The Balaban J connectivity index is 1.21. The van der Waals surface area contributed by atoms with Crippen molar-refractivity contribution < 1.29 is 32.7 Å². The van der Waals surface area contributed by atoms with E-state index in [0.29, 0.717) is 30.7 Å². The molecule has 2 aliphatic carbocycles. The van der Waals surface area contributed by atoms with Gasteiger partial charge in [-0.2, -0.15) is 0 Å². The largest absolute Gasteiger partial charge is 0.490 e. The lowest BCUT2D eigenvalue weighted by Gasteiger charge is -2.47. The first-order valence-electron chi connectivity index (χ1n) is 21.1. The summed E-state index contributed by atoms with van der Waals surface area (Å²) in [4.78, 5) is 32.9. The summed E-state index contributed by atoms with van der Waals surface area (Å²) in [7, 11) is 5.30. The lowest BCUT2D eigenvalue weighted by molar-refractivity contribution is -0.0448. The summed E-state index contributed by atoms with van der Waals surface area (Å²) in [5.41, 5.74) is 3.41. The second-order valence-corrected chi connectivity index (χ2v) is 20.4. The number of aryl methyl sites for hydroxylation is 2. The van der Waals surface area contributed by atoms with Crippen molar-refractivity contribution in [3.05, 3.63) is 69.9 Å². The Morgan fingerprint density at radius 3 is 2.71 bits per heavy atom. The van der Waals surface area contributed by atoms with Crippen LogP contribution in [0.4, 0.5) is 5.69 Å². The minimum atomic E-state index is -3.73. The molecule has 5 aliphatic rings.